The molecule has 130 valence electrons. The van der Waals surface area contributed by atoms with Crippen molar-refractivity contribution in [3.8, 4) is 11.1 Å². The fourth-order valence-electron chi connectivity index (χ4n) is 3.32. The number of nitro benzene ring substituents is 1. The van der Waals surface area contributed by atoms with Crippen molar-refractivity contribution >= 4 is 23.0 Å². The fraction of sp³-hybridized carbons (Fsp3) is 0.158. The quantitative estimate of drug-likeness (QED) is 0.501. The summed E-state index contributed by atoms with van der Waals surface area (Å²) in [6, 6.07) is 12.3. The summed E-state index contributed by atoms with van der Waals surface area (Å²) in [7, 11) is 1.88. The number of aryl methyl sites for hydroxylation is 1. The molecule has 1 aliphatic rings. The van der Waals surface area contributed by atoms with E-state index in [1.54, 1.807) is 18.2 Å². The van der Waals surface area contributed by atoms with Crippen molar-refractivity contribution in [2.24, 2.45) is 12.0 Å². The lowest BCUT2D eigenvalue weighted by Crippen LogP contribution is -2.07. The molecular formula is C19H15ClN4O2. The van der Waals surface area contributed by atoms with Gasteiger partial charge in [0, 0.05) is 46.6 Å². The van der Waals surface area contributed by atoms with E-state index in [9.17, 15) is 10.1 Å². The van der Waals surface area contributed by atoms with Crippen molar-refractivity contribution in [1.29, 1.82) is 0 Å². The Kier molecular flexibility index (Phi) is 3.85. The molecule has 0 spiro atoms. The Labute approximate surface area is 154 Å². The van der Waals surface area contributed by atoms with Gasteiger partial charge in [-0.1, -0.05) is 29.8 Å². The van der Waals surface area contributed by atoms with Gasteiger partial charge < -0.3 is 0 Å². The van der Waals surface area contributed by atoms with Crippen molar-refractivity contribution in [3.63, 3.8) is 0 Å². The number of aromatic nitrogens is 2. The van der Waals surface area contributed by atoms with Gasteiger partial charge in [0.25, 0.3) is 5.69 Å². The molecular weight excluding hydrogens is 352 g/mol. The molecule has 0 radical (unpaired) electrons. The van der Waals surface area contributed by atoms with Gasteiger partial charge in [-0.05, 0) is 24.6 Å². The van der Waals surface area contributed by atoms with Gasteiger partial charge in [0.1, 0.15) is 0 Å². The second-order valence-electron chi connectivity index (χ2n) is 6.16. The minimum absolute atomic E-state index is 0.0218. The van der Waals surface area contributed by atoms with E-state index in [1.807, 2.05) is 36.9 Å². The zero-order valence-electron chi connectivity index (χ0n) is 14.2. The van der Waals surface area contributed by atoms with Crippen LogP contribution in [0.15, 0.2) is 47.5 Å². The molecule has 0 bridgehead atoms. The first-order valence-corrected chi connectivity index (χ1v) is 8.46. The van der Waals surface area contributed by atoms with Crippen LogP contribution in [0, 0.1) is 17.0 Å². The smallest absolute Gasteiger partial charge is 0.270 e. The molecule has 0 atom stereocenters. The third kappa shape index (κ3) is 2.50. The van der Waals surface area contributed by atoms with Crippen LogP contribution in [0.1, 0.15) is 22.5 Å². The molecule has 0 unspecified atom stereocenters. The highest BCUT2D eigenvalue weighted by Gasteiger charge is 2.26. The summed E-state index contributed by atoms with van der Waals surface area (Å²) in [6.07, 6.45) is 0. The molecule has 26 heavy (non-hydrogen) atoms. The monoisotopic (exact) mass is 366 g/mol. The van der Waals surface area contributed by atoms with Crippen molar-refractivity contribution < 1.29 is 4.92 Å². The zero-order chi connectivity index (χ0) is 18.4. The summed E-state index contributed by atoms with van der Waals surface area (Å²) in [5.41, 5.74) is 5.82. The lowest BCUT2D eigenvalue weighted by molar-refractivity contribution is -0.384. The van der Waals surface area contributed by atoms with E-state index in [2.05, 4.69) is 5.10 Å². The number of nitro groups is 1. The van der Waals surface area contributed by atoms with Crippen LogP contribution in [0.2, 0.25) is 5.02 Å². The van der Waals surface area contributed by atoms with Crippen molar-refractivity contribution in [2.45, 2.75) is 13.5 Å². The van der Waals surface area contributed by atoms with Crippen molar-refractivity contribution in [3.05, 3.63) is 80.1 Å². The third-order valence-corrected chi connectivity index (χ3v) is 4.99. The standard InChI is InChI=1S/C19H15ClN4O2/c1-11-18-13-8-7-12(24(25)26)9-15(13)19(14-5-3-4-6-16(14)20)21-10-17(18)22-23(11)2/h3-9H,10H2,1-2H3. The maximum atomic E-state index is 11.3. The number of non-ortho nitro benzene ring substituents is 1. The van der Waals surface area contributed by atoms with E-state index in [0.717, 1.165) is 28.1 Å². The highest BCUT2D eigenvalue weighted by atomic mass is 35.5. The van der Waals surface area contributed by atoms with Crippen molar-refractivity contribution in [2.75, 3.05) is 0 Å². The number of hydrogen-bond donors (Lipinski definition) is 0. The van der Waals surface area contributed by atoms with Gasteiger partial charge in [0.2, 0.25) is 0 Å². The Morgan fingerprint density at radius 2 is 1.92 bits per heavy atom. The summed E-state index contributed by atoms with van der Waals surface area (Å²) < 4.78 is 1.81. The number of aliphatic imine (C=N–C) groups is 1. The highest BCUT2D eigenvalue weighted by Crippen LogP contribution is 2.37. The summed E-state index contributed by atoms with van der Waals surface area (Å²) in [5, 5.41) is 16.4. The third-order valence-electron chi connectivity index (χ3n) is 4.66. The van der Waals surface area contributed by atoms with Gasteiger partial charge >= 0.3 is 0 Å². The van der Waals surface area contributed by atoms with Gasteiger partial charge in [0.15, 0.2) is 0 Å². The molecule has 7 heteroatoms. The molecule has 6 nitrogen and oxygen atoms in total. The first-order valence-electron chi connectivity index (χ1n) is 8.08. The number of nitrogens with zero attached hydrogens (tertiary/aromatic N) is 4. The fourth-order valence-corrected chi connectivity index (χ4v) is 3.55. The van der Waals surface area contributed by atoms with E-state index in [0.29, 0.717) is 22.8 Å². The van der Waals surface area contributed by atoms with Gasteiger partial charge in [-0.25, -0.2) is 0 Å². The zero-order valence-corrected chi connectivity index (χ0v) is 15.0. The predicted octanol–water partition coefficient (Wildman–Crippen LogP) is 4.31. The number of hydrogen-bond acceptors (Lipinski definition) is 4. The highest BCUT2D eigenvalue weighted by molar-refractivity contribution is 6.36. The number of benzene rings is 2. The van der Waals surface area contributed by atoms with Crippen LogP contribution in [0.4, 0.5) is 5.69 Å². The Morgan fingerprint density at radius 3 is 2.65 bits per heavy atom. The minimum atomic E-state index is -0.396. The van der Waals surface area contributed by atoms with Crippen LogP contribution >= 0.6 is 11.6 Å². The lowest BCUT2D eigenvalue weighted by atomic mass is 9.92. The molecule has 0 N–H and O–H groups in total. The average molecular weight is 367 g/mol. The summed E-state index contributed by atoms with van der Waals surface area (Å²) >= 11 is 6.39. The second-order valence-corrected chi connectivity index (χ2v) is 6.57. The van der Waals surface area contributed by atoms with Crippen LogP contribution in [0.5, 0.6) is 0 Å². The second kappa shape index (κ2) is 6.07. The summed E-state index contributed by atoms with van der Waals surface area (Å²) in [6.45, 7) is 2.37. The van der Waals surface area contributed by atoms with Crippen LogP contribution in [0.3, 0.4) is 0 Å². The van der Waals surface area contributed by atoms with Crippen molar-refractivity contribution in [1.82, 2.24) is 9.78 Å². The molecule has 2 aromatic carbocycles. The molecule has 0 amide bonds. The van der Waals surface area contributed by atoms with Gasteiger partial charge in [0.05, 0.1) is 22.9 Å². The van der Waals surface area contributed by atoms with Crippen LogP contribution < -0.4 is 0 Å². The normalized spacial score (nSPS) is 12.8. The minimum Gasteiger partial charge on any atom is -0.278 e. The van der Waals surface area contributed by atoms with Gasteiger partial charge in [-0.15, -0.1) is 0 Å². The molecule has 0 aliphatic carbocycles. The number of fused-ring (bicyclic) bond motifs is 3. The summed E-state index contributed by atoms with van der Waals surface area (Å²) in [4.78, 5) is 15.7. The number of rotatable bonds is 2. The maximum absolute atomic E-state index is 11.3. The molecule has 0 fully saturated rings. The first kappa shape index (κ1) is 16.5. The largest absolute Gasteiger partial charge is 0.278 e. The van der Waals surface area contributed by atoms with Crippen LogP contribution in [-0.2, 0) is 13.6 Å². The van der Waals surface area contributed by atoms with E-state index in [1.165, 1.54) is 6.07 Å². The number of halogens is 1. The molecule has 4 rings (SSSR count). The summed E-state index contributed by atoms with van der Waals surface area (Å²) in [5.74, 6) is 0. The Hall–Kier alpha value is -2.99. The van der Waals surface area contributed by atoms with Crippen LogP contribution in [0.25, 0.3) is 11.1 Å². The van der Waals surface area contributed by atoms with Gasteiger partial charge in [-0.3, -0.25) is 19.8 Å². The predicted molar refractivity (Wildman–Crippen MR) is 101 cm³/mol. The van der Waals surface area contributed by atoms with E-state index in [-0.39, 0.29) is 5.69 Å². The Balaban J connectivity index is 2.04. The molecule has 1 aromatic heterocycles. The average Bonchev–Trinajstić information content (AvgIpc) is 2.81. The molecule has 0 saturated heterocycles. The maximum Gasteiger partial charge on any atom is 0.270 e. The molecule has 0 saturated carbocycles. The van der Waals surface area contributed by atoms with E-state index in [4.69, 9.17) is 16.6 Å². The van der Waals surface area contributed by atoms with E-state index >= 15 is 0 Å². The molecule has 3 aromatic rings. The topological polar surface area (TPSA) is 73.3 Å². The van der Waals surface area contributed by atoms with E-state index < -0.39 is 4.92 Å². The first-order chi connectivity index (χ1) is 12.5. The Morgan fingerprint density at radius 1 is 1.15 bits per heavy atom. The molecule has 1 aliphatic heterocycles. The Bertz CT molecular complexity index is 1090. The SMILES string of the molecule is Cc1c2c(nn1C)CN=C(c1ccccc1Cl)c1cc([N+](=O)[O-])ccc1-2. The lowest BCUT2D eigenvalue weighted by Gasteiger charge is -2.12. The van der Waals surface area contributed by atoms with Crippen LogP contribution in [-0.4, -0.2) is 20.4 Å². The molecule has 2 heterocycles. The van der Waals surface area contributed by atoms with Gasteiger partial charge in [-0.2, -0.15) is 5.10 Å².